The second kappa shape index (κ2) is 18.6. The van der Waals surface area contributed by atoms with Crippen molar-refractivity contribution in [2.24, 2.45) is 11.8 Å². The predicted molar refractivity (Wildman–Crippen MR) is 189 cm³/mol. The molecule has 1 aliphatic carbocycles. The summed E-state index contributed by atoms with van der Waals surface area (Å²) in [6.07, 6.45) is 13.0. The normalized spacial score (nSPS) is 20.9. The van der Waals surface area contributed by atoms with E-state index in [0.29, 0.717) is 12.8 Å². The molecule has 0 saturated heterocycles. The first-order valence-corrected chi connectivity index (χ1v) is 19.3. The first kappa shape index (κ1) is 37.7. The van der Waals surface area contributed by atoms with Crippen molar-refractivity contribution >= 4 is 30.6 Å². The lowest BCUT2D eigenvalue weighted by Gasteiger charge is -2.45. The molecule has 0 spiro atoms. The predicted octanol–water partition coefficient (Wildman–Crippen LogP) is 7.51. The Morgan fingerprint density at radius 3 is 2.09 bits per heavy atom. The van der Waals surface area contributed by atoms with Crippen molar-refractivity contribution in [3.05, 3.63) is 72.8 Å². The summed E-state index contributed by atoms with van der Waals surface area (Å²) in [7, 11) is -1.36. The van der Waals surface area contributed by atoms with Crippen LogP contribution in [0.15, 0.2) is 72.8 Å². The summed E-state index contributed by atoms with van der Waals surface area (Å²) in [5, 5.41) is 13.7. The number of hydrogen-bond acceptors (Lipinski definition) is 6. The second-order valence-corrected chi connectivity index (χ2v) is 18.2. The first-order valence-electron chi connectivity index (χ1n) is 17.4. The van der Waals surface area contributed by atoms with Crippen LogP contribution in [0.25, 0.3) is 0 Å². The van der Waals surface area contributed by atoms with Gasteiger partial charge >= 0.3 is 11.9 Å². The van der Waals surface area contributed by atoms with E-state index in [1.807, 2.05) is 0 Å². The highest BCUT2D eigenvalue weighted by Crippen LogP contribution is 2.41. The summed E-state index contributed by atoms with van der Waals surface area (Å²) in [5.41, 5.74) is 0. The molecule has 0 aromatic heterocycles. The first-order chi connectivity index (χ1) is 22.0. The Balaban J connectivity index is 1.91. The number of benzene rings is 2. The van der Waals surface area contributed by atoms with Gasteiger partial charge in [-0.05, 0) is 34.7 Å². The standard InChI is InChI=1S/C39H58O6Si/c1-7-8-13-20-31(45-46(39(3,4)5,32-21-14-11-15-22-32)33-23-16-12-17-24-33)27-28-34-35(37(29-36(34)41)44-30(2)40)25-18-9-10-19-26-38(42)43-6/h11-12,14-17,21-24,27-28,31,34-37,41H,7-10,13,18-20,25-26,29H2,1-6H3/b28-27+/t31-,34+,35+,36+,37-/m0/s1. The number of methoxy groups -OCH3 is 1. The molecule has 0 bridgehead atoms. The molecule has 0 radical (unpaired) electrons. The maximum atomic E-state index is 12.0. The van der Waals surface area contributed by atoms with Gasteiger partial charge in [0.05, 0.1) is 19.3 Å². The van der Waals surface area contributed by atoms with Gasteiger partial charge in [-0.15, -0.1) is 0 Å². The van der Waals surface area contributed by atoms with E-state index in [9.17, 15) is 14.7 Å². The quantitative estimate of drug-likeness (QED) is 0.0779. The number of esters is 2. The number of hydrogen-bond donors (Lipinski definition) is 1. The van der Waals surface area contributed by atoms with Crippen LogP contribution in [0.4, 0.5) is 0 Å². The maximum Gasteiger partial charge on any atom is 0.305 e. The van der Waals surface area contributed by atoms with Crippen LogP contribution in [0.2, 0.25) is 5.04 Å². The third-order valence-electron chi connectivity index (χ3n) is 9.49. The number of carbonyl (C=O) groups is 2. The Kier molecular flexibility index (Phi) is 15.2. The molecule has 0 amide bonds. The number of rotatable bonds is 18. The van der Waals surface area contributed by atoms with Crippen molar-refractivity contribution in [1.82, 2.24) is 0 Å². The van der Waals surface area contributed by atoms with Crippen LogP contribution in [0, 0.1) is 11.8 Å². The number of aliphatic hydroxyl groups is 1. The molecule has 6 nitrogen and oxygen atoms in total. The van der Waals surface area contributed by atoms with Crippen molar-refractivity contribution in [3.63, 3.8) is 0 Å². The SMILES string of the molecule is CCCCC[C@@H](/C=C/[C@@H]1[C@@H](CCCCCCC(=O)OC)[C@@H](OC(C)=O)C[C@H]1O)O[Si](c1ccccc1)(c1ccccc1)C(C)(C)C. The lowest BCUT2D eigenvalue weighted by Crippen LogP contribution is -2.67. The summed E-state index contributed by atoms with van der Waals surface area (Å²) >= 11 is 0. The topological polar surface area (TPSA) is 82.1 Å². The molecule has 0 heterocycles. The fourth-order valence-electron chi connectivity index (χ4n) is 7.17. The monoisotopic (exact) mass is 650 g/mol. The highest BCUT2D eigenvalue weighted by Gasteiger charge is 2.51. The second-order valence-electron chi connectivity index (χ2n) is 13.9. The lowest BCUT2D eigenvalue weighted by atomic mass is 9.87. The Morgan fingerprint density at radius 2 is 1.54 bits per heavy atom. The fraction of sp³-hybridized carbons (Fsp3) is 0.590. The Morgan fingerprint density at radius 1 is 0.935 bits per heavy atom. The number of carbonyl (C=O) groups excluding carboxylic acids is 2. The van der Waals surface area contributed by atoms with Crippen LogP contribution in [0.3, 0.4) is 0 Å². The molecule has 3 rings (SSSR count). The van der Waals surface area contributed by atoms with Crippen LogP contribution in [0.5, 0.6) is 0 Å². The average Bonchev–Trinajstić information content (AvgIpc) is 3.32. The van der Waals surface area contributed by atoms with E-state index in [-0.39, 0.29) is 41.0 Å². The summed E-state index contributed by atoms with van der Waals surface area (Å²) in [6, 6.07) is 21.5. The van der Waals surface area contributed by atoms with Gasteiger partial charge in [0.15, 0.2) is 0 Å². The Labute approximate surface area is 279 Å². The molecule has 0 aliphatic heterocycles. The van der Waals surface area contributed by atoms with Gasteiger partial charge in [0.25, 0.3) is 8.32 Å². The maximum absolute atomic E-state index is 12.0. The van der Waals surface area contributed by atoms with E-state index in [2.05, 4.69) is 101 Å². The van der Waals surface area contributed by atoms with Crippen molar-refractivity contribution < 1.29 is 28.6 Å². The summed E-state index contributed by atoms with van der Waals surface area (Å²) in [5.74, 6) is -0.582. The van der Waals surface area contributed by atoms with Crippen molar-refractivity contribution in [1.29, 1.82) is 0 Å². The molecule has 46 heavy (non-hydrogen) atoms. The van der Waals surface area contributed by atoms with Crippen molar-refractivity contribution in [2.75, 3.05) is 7.11 Å². The fourth-order valence-corrected chi connectivity index (χ4v) is 11.8. The summed E-state index contributed by atoms with van der Waals surface area (Å²) in [4.78, 5) is 23.5. The van der Waals surface area contributed by atoms with Gasteiger partial charge in [0, 0.05) is 31.6 Å². The number of aliphatic hydroxyl groups excluding tert-OH is 1. The average molecular weight is 651 g/mol. The molecule has 2 aromatic carbocycles. The largest absolute Gasteiger partial charge is 0.469 e. The Hall–Kier alpha value is -2.74. The summed E-state index contributed by atoms with van der Waals surface area (Å²) < 4.78 is 18.1. The van der Waals surface area contributed by atoms with Crippen LogP contribution >= 0.6 is 0 Å². The van der Waals surface area contributed by atoms with Crippen molar-refractivity contribution in [2.45, 2.75) is 129 Å². The molecule has 1 saturated carbocycles. The minimum atomic E-state index is -2.78. The van der Waals surface area contributed by atoms with Gasteiger partial charge in [0.2, 0.25) is 0 Å². The molecule has 0 unspecified atom stereocenters. The third kappa shape index (κ3) is 10.4. The number of ether oxygens (including phenoxy) is 2. The number of unbranched alkanes of at least 4 members (excludes halogenated alkanes) is 5. The zero-order valence-electron chi connectivity index (χ0n) is 29.1. The highest BCUT2D eigenvalue weighted by atomic mass is 28.4. The highest BCUT2D eigenvalue weighted by molar-refractivity contribution is 6.99. The minimum Gasteiger partial charge on any atom is -0.469 e. The van der Waals surface area contributed by atoms with Gasteiger partial charge in [-0.3, -0.25) is 9.59 Å². The van der Waals surface area contributed by atoms with Gasteiger partial charge in [0.1, 0.15) is 6.10 Å². The van der Waals surface area contributed by atoms with Crippen LogP contribution in [-0.2, 0) is 23.5 Å². The molecule has 1 aliphatic rings. The molecule has 1 N–H and O–H groups in total. The van der Waals surface area contributed by atoms with Gasteiger partial charge < -0.3 is 19.0 Å². The smallest absolute Gasteiger partial charge is 0.305 e. The van der Waals surface area contributed by atoms with E-state index in [1.165, 1.54) is 24.4 Å². The molecule has 1 fully saturated rings. The van der Waals surface area contributed by atoms with Gasteiger partial charge in [-0.1, -0.05) is 139 Å². The van der Waals surface area contributed by atoms with E-state index < -0.39 is 14.4 Å². The van der Waals surface area contributed by atoms with E-state index in [0.717, 1.165) is 57.8 Å². The lowest BCUT2D eigenvalue weighted by molar-refractivity contribution is -0.148. The summed E-state index contributed by atoms with van der Waals surface area (Å²) in [6.45, 7) is 10.6. The third-order valence-corrected chi connectivity index (χ3v) is 14.5. The molecule has 7 heteroatoms. The zero-order valence-corrected chi connectivity index (χ0v) is 30.1. The molecule has 5 atom stereocenters. The van der Waals surface area contributed by atoms with Crippen LogP contribution < -0.4 is 10.4 Å². The van der Waals surface area contributed by atoms with Gasteiger partial charge in [-0.2, -0.15) is 0 Å². The Bertz CT molecular complexity index is 1170. The minimum absolute atomic E-state index is 0.0277. The van der Waals surface area contributed by atoms with Crippen LogP contribution in [-0.4, -0.2) is 50.8 Å². The van der Waals surface area contributed by atoms with E-state index in [4.69, 9.17) is 13.9 Å². The molecular weight excluding hydrogens is 593 g/mol. The van der Waals surface area contributed by atoms with Gasteiger partial charge in [-0.25, -0.2) is 0 Å². The molecule has 2 aromatic rings. The van der Waals surface area contributed by atoms with Crippen LogP contribution in [0.1, 0.15) is 105 Å². The van der Waals surface area contributed by atoms with Crippen molar-refractivity contribution in [3.8, 4) is 0 Å². The van der Waals surface area contributed by atoms with E-state index in [1.54, 1.807) is 0 Å². The molecule has 254 valence electrons. The zero-order chi connectivity index (χ0) is 33.6. The molecular formula is C39H58O6Si. The van der Waals surface area contributed by atoms with E-state index >= 15 is 0 Å².